The zero-order chi connectivity index (χ0) is 18.0. The van der Waals surface area contributed by atoms with E-state index < -0.39 is 0 Å². The maximum Gasteiger partial charge on any atom is 0.0689 e. The molecule has 0 radical (unpaired) electrons. The molecule has 0 atom stereocenters. The summed E-state index contributed by atoms with van der Waals surface area (Å²) in [5.74, 6) is 2.92. The van der Waals surface area contributed by atoms with Crippen LogP contribution >= 0.6 is 0 Å². The monoisotopic (exact) mass is 343 g/mol. The smallest absolute Gasteiger partial charge is 0.0689 e. The second-order valence-electron chi connectivity index (χ2n) is 8.92. The van der Waals surface area contributed by atoms with Gasteiger partial charge >= 0.3 is 0 Å². The average Bonchev–Trinajstić information content (AvgIpc) is 2.67. The molecule has 1 heteroatoms. The quantitative estimate of drug-likeness (QED) is 0.309. The third-order valence-electron chi connectivity index (χ3n) is 7.19. The van der Waals surface area contributed by atoms with Gasteiger partial charge < -0.3 is 0 Å². The van der Waals surface area contributed by atoms with Gasteiger partial charge in [0.15, 0.2) is 0 Å². The second-order valence-corrected chi connectivity index (χ2v) is 8.92. The largest absolute Gasteiger partial charge is 0.198 e. The topological polar surface area (TPSA) is 23.8 Å². The van der Waals surface area contributed by atoms with Gasteiger partial charge in [-0.1, -0.05) is 64.5 Å². The van der Waals surface area contributed by atoms with Crippen molar-refractivity contribution in [2.75, 3.05) is 0 Å². The molecule has 142 valence electrons. The van der Waals surface area contributed by atoms with Crippen LogP contribution < -0.4 is 0 Å². The van der Waals surface area contributed by atoms with Crippen molar-refractivity contribution in [2.45, 2.75) is 110 Å². The first-order chi connectivity index (χ1) is 12.2. The van der Waals surface area contributed by atoms with Gasteiger partial charge in [0.25, 0.3) is 0 Å². The third-order valence-corrected chi connectivity index (χ3v) is 7.19. The molecule has 2 saturated carbocycles. The van der Waals surface area contributed by atoms with E-state index in [1.165, 1.54) is 64.2 Å². The molecule has 0 saturated heterocycles. The van der Waals surface area contributed by atoms with Crippen LogP contribution in [0, 0.1) is 34.5 Å². The summed E-state index contributed by atoms with van der Waals surface area (Å²) >= 11 is 0. The van der Waals surface area contributed by atoms with Crippen molar-refractivity contribution in [3.8, 4) is 6.07 Å². The fraction of sp³-hybridized carbons (Fsp3) is 0.875. The first-order valence-electron chi connectivity index (χ1n) is 11.3. The Morgan fingerprint density at radius 2 is 1.60 bits per heavy atom. The highest BCUT2D eigenvalue weighted by atomic mass is 14.4. The Balaban J connectivity index is 1.71. The normalized spacial score (nSPS) is 33.4. The molecule has 0 spiro atoms. The molecule has 1 nitrogen and oxygen atoms in total. The van der Waals surface area contributed by atoms with Gasteiger partial charge in [0, 0.05) is 0 Å². The lowest BCUT2D eigenvalue weighted by atomic mass is 9.63. The van der Waals surface area contributed by atoms with E-state index in [9.17, 15) is 5.26 Å². The fourth-order valence-electron chi connectivity index (χ4n) is 5.36. The summed E-state index contributed by atoms with van der Waals surface area (Å²) in [6.45, 7) is 4.49. The fourth-order valence-corrected chi connectivity index (χ4v) is 5.36. The summed E-state index contributed by atoms with van der Waals surface area (Å²) in [5, 5.41) is 9.76. The second kappa shape index (κ2) is 11.1. The van der Waals surface area contributed by atoms with Crippen LogP contribution in [-0.4, -0.2) is 0 Å². The number of hydrogen-bond acceptors (Lipinski definition) is 1. The van der Waals surface area contributed by atoms with Crippen LogP contribution in [-0.2, 0) is 0 Å². The zero-order valence-electron chi connectivity index (χ0n) is 16.9. The van der Waals surface area contributed by atoms with Gasteiger partial charge in [0.05, 0.1) is 11.5 Å². The number of hydrogen-bond donors (Lipinski definition) is 0. The van der Waals surface area contributed by atoms with Crippen LogP contribution in [0.4, 0.5) is 0 Å². The van der Waals surface area contributed by atoms with Crippen LogP contribution in [0.5, 0.6) is 0 Å². The highest BCUT2D eigenvalue weighted by molar-refractivity contribution is 5.03. The molecular weight excluding hydrogens is 302 g/mol. The third kappa shape index (κ3) is 6.47. The summed E-state index contributed by atoms with van der Waals surface area (Å²) in [7, 11) is 0. The van der Waals surface area contributed by atoms with Crippen molar-refractivity contribution in [2.24, 2.45) is 23.2 Å². The number of allylic oxidation sites excluding steroid dienone is 2. The molecule has 25 heavy (non-hydrogen) atoms. The maximum absolute atomic E-state index is 9.76. The van der Waals surface area contributed by atoms with Crippen LogP contribution in [0.25, 0.3) is 0 Å². The van der Waals surface area contributed by atoms with E-state index in [1.807, 2.05) is 0 Å². The Bertz CT molecular complexity index is 414. The van der Waals surface area contributed by atoms with Gasteiger partial charge in [-0.25, -0.2) is 0 Å². The van der Waals surface area contributed by atoms with Crippen LogP contribution in [0.15, 0.2) is 12.2 Å². The molecular formula is C24H41N. The Hall–Kier alpha value is -0.770. The predicted octanol–water partition coefficient (Wildman–Crippen LogP) is 7.82. The Morgan fingerprint density at radius 1 is 0.920 bits per heavy atom. The molecule has 0 bridgehead atoms. The SMILES string of the molecule is CCC=CCCC1(C#N)CCC(C2CCC(CCCCC)CC2)CC1. The molecule has 0 N–H and O–H groups in total. The van der Waals surface area contributed by atoms with Gasteiger partial charge in [0.1, 0.15) is 0 Å². The summed E-state index contributed by atoms with van der Waals surface area (Å²) < 4.78 is 0. The number of nitrogens with zero attached hydrogens (tertiary/aromatic N) is 1. The van der Waals surface area contributed by atoms with E-state index in [-0.39, 0.29) is 5.41 Å². The number of nitriles is 1. The molecule has 2 fully saturated rings. The van der Waals surface area contributed by atoms with E-state index in [1.54, 1.807) is 0 Å². The van der Waals surface area contributed by atoms with E-state index >= 15 is 0 Å². The molecule has 2 rings (SSSR count). The van der Waals surface area contributed by atoms with E-state index in [2.05, 4.69) is 32.1 Å². The highest BCUT2D eigenvalue weighted by Crippen LogP contribution is 2.47. The molecule has 0 aromatic heterocycles. The van der Waals surface area contributed by atoms with Crippen LogP contribution in [0.3, 0.4) is 0 Å². The standard InChI is InChI=1S/C24H41N/c1-3-5-7-9-17-24(20-25)18-15-23(16-19-24)22-13-11-21(12-14-22)10-8-6-4-2/h5,7,21-23H,3-4,6,8-19H2,1-2H3. The zero-order valence-corrected chi connectivity index (χ0v) is 16.9. The van der Waals surface area contributed by atoms with E-state index in [0.29, 0.717) is 0 Å². The van der Waals surface area contributed by atoms with Crippen molar-refractivity contribution in [1.29, 1.82) is 5.26 Å². The Labute approximate surface area is 157 Å². The van der Waals surface area contributed by atoms with Gasteiger partial charge in [-0.05, 0) is 75.5 Å². The summed E-state index contributed by atoms with van der Waals surface area (Å²) in [6, 6.07) is 2.72. The van der Waals surface area contributed by atoms with Crippen LogP contribution in [0.2, 0.25) is 0 Å². The molecule has 0 aliphatic heterocycles. The summed E-state index contributed by atoms with van der Waals surface area (Å²) in [4.78, 5) is 0. The van der Waals surface area contributed by atoms with Gasteiger partial charge in [0.2, 0.25) is 0 Å². The van der Waals surface area contributed by atoms with E-state index in [0.717, 1.165) is 49.9 Å². The molecule has 0 aromatic rings. The first-order valence-corrected chi connectivity index (χ1v) is 11.3. The Morgan fingerprint density at radius 3 is 2.20 bits per heavy atom. The van der Waals surface area contributed by atoms with Gasteiger partial charge in [-0.3, -0.25) is 0 Å². The molecule has 0 heterocycles. The Kier molecular flexibility index (Phi) is 9.08. The van der Waals surface area contributed by atoms with Gasteiger partial charge in [-0.15, -0.1) is 0 Å². The molecule has 0 amide bonds. The molecule has 0 unspecified atom stereocenters. The lowest BCUT2D eigenvalue weighted by molar-refractivity contribution is 0.116. The first kappa shape index (κ1) is 20.5. The minimum absolute atomic E-state index is 0.00800. The summed E-state index contributed by atoms with van der Waals surface area (Å²) in [5.41, 5.74) is -0.00800. The minimum Gasteiger partial charge on any atom is -0.198 e. The van der Waals surface area contributed by atoms with Crippen molar-refractivity contribution in [3.63, 3.8) is 0 Å². The van der Waals surface area contributed by atoms with Crippen LogP contribution in [0.1, 0.15) is 110 Å². The number of rotatable bonds is 9. The predicted molar refractivity (Wildman–Crippen MR) is 108 cm³/mol. The van der Waals surface area contributed by atoms with Crippen molar-refractivity contribution >= 4 is 0 Å². The number of unbranched alkanes of at least 4 members (excludes halogenated alkanes) is 2. The van der Waals surface area contributed by atoms with Gasteiger partial charge in [-0.2, -0.15) is 5.26 Å². The molecule has 2 aliphatic carbocycles. The van der Waals surface area contributed by atoms with Crippen molar-refractivity contribution in [1.82, 2.24) is 0 Å². The van der Waals surface area contributed by atoms with E-state index in [4.69, 9.17) is 0 Å². The van der Waals surface area contributed by atoms with Crippen molar-refractivity contribution < 1.29 is 0 Å². The lowest BCUT2D eigenvalue weighted by Gasteiger charge is -2.40. The molecule has 0 aromatic carbocycles. The average molecular weight is 344 g/mol. The van der Waals surface area contributed by atoms with Crippen molar-refractivity contribution in [3.05, 3.63) is 12.2 Å². The molecule has 2 aliphatic rings. The summed E-state index contributed by atoms with van der Waals surface area (Å²) in [6.07, 6.45) is 24.4. The highest BCUT2D eigenvalue weighted by Gasteiger charge is 2.38. The lowest BCUT2D eigenvalue weighted by Crippen LogP contribution is -2.31. The maximum atomic E-state index is 9.76. The minimum atomic E-state index is -0.00800.